The number of nitrogens with zero attached hydrogens (tertiary/aromatic N) is 4. The fourth-order valence-corrected chi connectivity index (χ4v) is 4.66. The summed E-state index contributed by atoms with van der Waals surface area (Å²) in [5.41, 5.74) is 5.49. The van der Waals surface area contributed by atoms with E-state index >= 15 is 0 Å². The van der Waals surface area contributed by atoms with Gasteiger partial charge in [-0.05, 0) is 57.2 Å². The lowest BCUT2D eigenvalue weighted by Gasteiger charge is -2.35. The molecule has 4 N–H and O–H groups in total. The molecule has 1 amide bonds. The van der Waals surface area contributed by atoms with Gasteiger partial charge in [0.15, 0.2) is 0 Å². The highest BCUT2D eigenvalue weighted by Crippen LogP contribution is 2.40. The second-order valence-electron chi connectivity index (χ2n) is 9.43. The highest BCUT2D eigenvalue weighted by Gasteiger charge is 2.30. The fourth-order valence-electron chi connectivity index (χ4n) is 4.66. The Hall–Kier alpha value is -2.61. The number of carbonyl (C=O) groups excluding carboxylic acids is 1. The number of likely N-dealkylation sites (N-methyl/N-ethyl adjacent to an activating group) is 2. The van der Waals surface area contributed by atoms with Crippen LogP contribution in [0.4, 0.5) is 0 Å². The summed E-state index contributed by atoms with van der Waals surface area (Å²) >= 11 is 0. The maximum Gasteiger partial charge on any atom is 0.236 e. The maximum absolute atomic E-state index is 12.1. The zero-order valence-electron chi connectivity index (χ0n) is 19.7. The Balaban J connectivity index is 1.79. The van der Waals surface area contributed by atoms with Crippen LogP contribution in [0.5, 0.6) is 0 Å². The average Bonchev–Trinajstić information content (AvgIpc) is 3.17. The Kier molecular flexibility index (Phi) is 6.89. The summed E-state index contributed by atoms with van der Waals surface area (Å²) in [5.74, 6) is 6.90. The van der Waals surface area contributed by atoms with Crippen molar-refractivity contribution < 1.29 is 4.79 Å². The minimum Gasteiger partial charge on any atom is -0.348 e. The van der Waals surface area contributed by atoms with Gasteiger partial charge in [-0.3, -0.25) is 24.9 Å². The monoisotopic (exact) mass is 427 g/mol. The molecule has 1 fully saturated rings. The van der Waals surface area contributed by atoms with Crippen LogP contribution < -0.4 is 11.3 Å². The van der Waals surface area contributed by atoms with E-state index in [9.17, 15) is 4.79 Å². The summed E-state index contributed by atoms with van der Waals surface area (Å²) in [6, 6.07) is 2.43. The van der Waals surface area contributed by atoms with Crippen molar-refractivity contribution in [2.45, 2.75) is 64.3 Å². The molecule has 8 heteroatoms. The van der Waals surface area contributed by atoms with E-state index in [4.69, 9.17) is 16.4 Å². The number of nitrogen functional groups attached to an aromatic ring is 1. The van der Waals surface area contributed by atoms with Gasteiger partial charge in [-0.25, -0.2) is 0 Å². The Morgan fingerprint density at radius 2 is 1.94 bits per heavy atom. The molecule has 0 radical (unpaired) electrons. The molecule has 0 atom stereocenters. The topological polar surface area (TPSA) is 107 Å². The van der Waals surface area contributed by atoms with E-state index in [1.165, 1.54) is 15.9 Å². The molecular weight excluding hydrogens is 390 g/mol. The summed E-state index contributed by atoms with van der Waals surface area (Å²) in [5, 5.41) is 16.0. The number of amides is 1. The van der Waals surface area contributed by atoms with Gasteiger partial charge in [-0.2, -0.15) is 5.10 Å². The normalized spacial score (nSPS) is 19.2. The first-order chi connectivity index (χ1) is 14.6. The molecule has 0 unspecified atom stereocenters. The number of pyridine rings is 1. The number of nitrogens with one attached hydrogen (secondary N) is 2. The van der Waals surface area contributed by atoms with Crippen LogP contribution in [0.15, 0.2) is 12.3 Å². The number of aryl methyl sites for hydroxylation is 1. The molecule has 0 saturated heterocycles. The summed E-state index contributed by atoms with van der Waals surface area (Å²) in [6.07, 6.45) is 6.09. The molecular formula is C23H37N7O. The SMILES string of the molecule is Cc1cc(-c2n[nH]c(C3CCC(N(C)CC(=O)N(C)C)CC3)c2C(C)C)cn(N)c1=N. The average molecular weight is 428 g/mol. The Labute approximate surface area is 184 Å². The first-order valence-corrected chi connectivity index (χ1v) is 11.1. The molecule has 2 aromatic rings. The summed E-state index contributed by atoms with van der Waals surface area (Å²) in [4.78, 5) is 15.9. The summed E-state index contributed by atoms with van der Waals surface area (Å²) in [7, 11) is 5.67. The van der Waals surface area contributed by atoms with Crippen molar-refractivity contribution in [3.63, 3.8) is 0 Å². The standard InChI is InChI=1S/C23H37N7O/c1-14(2)20-21(26-27-22(20)17-11-15(3)23(24)30(25)12-17)16-7-9-18(10-8-16)29(6)13-19(31)28(4)5/h11-12,14,16,18,24H,7-10,13,25H2,1-6H3,(H,26,27). The van der Waals surface area contributed by atoms with Gasteiger partial charge in [0.25, 0.3) is 0 Å². The van der Waals surface area contributed by atoms with E-state index < -0.39 is 0 Å². The lowest BCUT2D eigenvalue weighted by Crippen LogP contribution is -2.41. The molecule has 8 nitrogen and oxygen atoms in total. The third kappa shape index (κ3) is 4.84. The van der Waals surface area contributed by atoms with Crippen molar-refractivity contribution in [3.8, 4) is 11.3 Å². The molecule has 0 aromatic carbocycles. The number of nitrogens with two attached hydrogens (primary N) is 1. The number of H-pyrrole nitrogens is 1. The van der Waals surface area contributed by atoms with E-state index in [1.54, 1.807) is 11.1 Å². The van der Waals surface area contributed by atoms with Crippen molar-refractivity contribution in [2.75, 3.05) is 33.5 Å². The van der Waals surface area contributed by atoms with Crippen LogP contribution in [0.3, 0.4) is 0 Å². The third-order valence-corrected chi connectivity index (χ3v) is 6.58. The molecule has 0 aliphatic heterocycles. The molecule has 1 aliphatic carbocycles. The van der Waals surface area contributed by atoms with Gasteiger partial charge in [0.1, 0.15) is 5.49 Å². The number of hydrogen-bond acceptors (Lipinski definition) is 5. The first kappa shape index (κ1) is 23.1. The molecule has 1 saturated carbocycles. The molecule has 31 heavy (non-hydrogen) atoms. The highest BCUT2D eigenvalue weighted by atomic mass is 16.2. The smallest absolute Gasteiger partial charge is 0.236 e. The van der Waals surface area contributed by atoms with Crippen molar-refractivity contribution >= 4 is 5.91 Å². The fraction of sp³-hybridized carbons (Fsp3) is 0.609. The molecule has 1 aliphatic rings. The van der Waals surface area contributed by atoms with Gasteiger partial charge in [0.2, 0.25) is 5.91 Å². The van der Waals surface area contributed by atoms with Crippen LogP contribution in [0.25, 0.3) is 11.3 Å². The second-order valence-corrected chi connectivity index (χ2v) is 9.43. The van der Waals surface area contributed by atoms with Crippen molar-refractivity contribution in [3.05, 3.63) is 34.6 Å². The lowest BCUT2D eigenvalue weighted by molar-refractivity contribution is -0.130. The number of carbonyl (C=O) groups is 1. The maximum atomic E-state index is 12.1. The highest BCUT2D eigenvalue weighted by molar-refractivity contribution is 5.77. The van der Waals surface area contributed by atoms with Crippen LogP contribution >= 0.6 is 0 Å². The zero-order chi connectivity index (χ0) is 22.9. The van der Waals surface area contributed by atoms with Gasteiger partial charge in [0.05, 0.1) is 12.2 Å². The number of aromatic nitrogens is 3. The predicted octanol–water partition coefficient (Wildman–Crippen LogP) is 2.55. The van der Waals surface area contributed by atoms with Crippen LogP contribution in [0, 0.1) is 12.3 Å². The van der Waals surface area contributed by atoms with Gasteiger partial charge in [-0.1, -0.05) is 13.8 Å². The third-order valence-electron chi connectivity index (χ3n) is 6.58. The Bertz CT molecular complexity index is 954. The molecule has 0 bridgehead atoms. The van der Waals surface area contributed by atoms with E-state index in [2.05, 4.69) is 30.9 Å². The van der Waals surface area contributed by atoms with Crippen LogP contribution in [0.2, 0.25) is 0 Å². The summed E-state index contributed by atoms with van der Waals surface area (Å²) in [6.45, 7) is 6.77. The van der Waals surface area contributed by atoms with E-state index in [-0.39, 0.29) is 5.91 Å². The van der Waals surface area contributed by atoms with Gasteiger partial charge >= 0.3 is 0 Å². The van der Waals surface area contributed by atoms with Crippen LogP contribution in [0.1, 0.15) is 68.2 Å². The van der Waals surface area contributed by atoms with Crippen molar-refractivity contribution in [1.29, 1.82) is 5.41 Å². The van der Waals surface area contributed by atoms with Gasteiger partial charge < -0.3 is 10.7 Å². The van der Waals surface area contributed by atoms with Gasteiger partial charge in [0, 0.05) is 49.1 Å². The molecule has 0 spiro atoms. The van der Waals surface area contributed by atoms with E-state index in [0.29, 0.717) is 29.9 Å². The quantitative estimate of drug-likeness (QED) is 0.616. The first-order valence-electron chi connectivity index (χ1n) is 11.1. The van der Waals surface area contributed by atoms with Crippen molar-refractivity contribution in [1.82, 2.24) is 24.7 Å². The number of rotatable bonds is 6. The molecule has 2 aromatic heterocycles. The molecule has 2 heterocycles. The second kappa shape index (κ2) is 9.26. The molecule has 170 valence electrons. The van der Waals surface area contributed by atoms with E-state index in [0.717, 1.165) is 42.5 Å². The lowest BCUT2D eigenvalue weighted by atomic mass is 9.80. The van der Waals surface area contributed by atoms with E-state index in [1.807, 2.05) is 27.1 Å². The number of hydrogen-bond donors (Lipinski definition) is 3. The summed E-state index contributed by atoms with van der Waals surface area (Å²) < 4.78 is 1.36. The van der Waals surface area contributed by atoms with Crippen molar-refractivity contribution in [2.24, 2.45) is 0 Å². The predicted molar refractivity (Wildman–Crippen MR) is 123 cm³/mol. The van der Waals surface area contributed by atoms with Crippen LogP contribution in [-0.2, 0) is 4.79 Å². The van der Waals surface area contributed by atoms with Crippen LogP contribution in [-0.4, -0.2) is 64.3 Å². The minimum atomic E-state index is 0.149. The Morgan fingerprint density at radius 3 is 2.48 bits per heavy atom. The van der Waals surface area contributed by atoms with Gasteiger partial charge in [-0.15, -0.1) is 0 Å². The molecule has 3 rings (SSSR count). The Morgan fingerprint density at radius 1 is 1.29 bits per heavy atom. The largest absolute Gasteiger partial charge is 0.348 e. The number of aromatic amines is 1. The minimum absolute atomic E-state index is 0.149. The zero-order valence-corrected chi connectivity index (χ0v) is 19.7.